The molecule has 1 heterocycles. The van der Waals surface area contributed by atoms with Crippen LogP contribution in [0.1, 0.15) is 12.0 Å². The lowest BCUT2D eigenvalue weighted by Gasteiger charge is -2.28. The quantitative estimate of drug-likeness (QED) is 0.825. The van der Waals surface area contributed by atoms with Gasteiger partial charge in [0.2, 0.25) is 5.91 Å². The van der Waals surface area contributed by atoms with Gasteiger partial charge in [-0.25, -0.2) is 0 Å². The van der Waals surface area contributed by atoms with E-state index in [1.165, 1.54) is 5.57 Å². The molecule has 1 aromatic carbocycles. The summed E-state index contributed by atoms with van der Waals surface area (Å²) in [5.74, 6) is 0.0292. The average Bonchev–Trinajstić information content (AvgIpc) is 2.48. The topological polar surface area (TPSA) is 55.6 Å². The molecule has 1 aliphatic heterocycles. The molecule has 0 aliphatic carbocycles. The van der Waals surface area contributed by atoms with E-state index in [0.717, 1.165) is 18.5 Å². The summed E-state index contributed by atoms with van der Waals surface area (Å²) in [5, 5.41) is 0. The fraction of sp³-hybridized carbons (Fsp3) is 0.438. The van der Waals surface area contributed by atoms with Gasteiger partial charge in [0, 0.05) is 20.2 Å². The molecule has 1 aromatic rings. The van der Waals surface area contributed by atoms with Crippen LogP contribution in [0.15, 0.2) is 42.0 Å². The number of nitrogens with zero attached hydrogens (tertiary/aromatic N) is 1. The van der Waals surface area contributed by atoms with Crippen molar-refractivity contribution in [3.05, 3.63) is 47.5 Å². The first-order chi connectivity index (χ1) is 9.70. The molecule has 1 atom stereocenters. The highest BCUT2D eigenvalue weighted by molar-refractivity contribution is 5.82. The summed E-state index contributed by atoms with van der Waals surface area (Å²) in [7, 11) is 1.69. The van der Waals surface area contributed by atoms with E-state index in [1.807, 2.05) is 35.2 Å². The molecular formula is C16H22N2O2. The molecule has 1 amide bonds. The van der Waals surface area contributed by atoms with Crippen LogP contribution in [0.5, 0.6) is 0 Å². The van der Waals surface area contributed by atoms with E-state index in [2.05, 4.69) is 6.08 Å². The van der Waals surface area contributed by atoms with Crippen molar-refractivity contribution in [2.24, 2.45) is 5.73 Å². The van der Waals surface area contributed by atoms with Gasteiger partial charge < -0.3 is 15.4 Å². The third-order valence-corrected chi connectivity index (χ3v) is 3.56. The Kier molecular flexibility index (Phi) is 5.32. The summed E-state index contributed by atoms with van der Waals surface area (Å²) in [5.41, 5.74) is 8.39. The molecule has 0 bridgehead atoms. The Morgan fingerprint density at radius 1 is 1.40 bits per heavy atom. The third-order valence-electron chi connectivity index (χ3n) is 3.56. The van der Waals surface area contributed by atoms with Gasteiger partial charge in [0.25, 0.3) is 0 Å². The predicted molar refractivity (Wildman–Crippen MR) is 79.3 cm³/mol. The van der Waals surface area contributed by atoms with Gasteiger partial charge in [0.1, 0.15) is 0 Å². The van der Waals surface area contributed by atoms with Crippen LogP contribution < -0.4 is 5.73 Å². The van der Waals surface area contributed by atoms with Gasteiger partial charge in [-0.3, -0.25) is 4.79 Å². The molecule has 0 saturated heterocycles. The zero-order valence-electron chi connectivity index (χ0n) is 11.9. The number of rotatable bonds is 5. The number of nitrogens with two attached hydrogens (primary N) is 1. The SMILES string of the molecule is COCC1=CCN(C(=O)[C@H](N)Cc2ccccc2)CC1. The molecule has 2 rings (SSSR count). The second-order valence-corrected chi connectivity index (χ2v) is 5.13. The molecule has 0 spiro atoms. The van der Waals surface area contributed by atoms with Crippen molar-refractivity contribution in [3.63, 3.8) is 0 Å². The van der Waals surface area contributed by atoms with Gasteiger partial charge in [-0.2, -0.15) is 0 Å². The monoisotopic (exact) mass is 274 g/mol. The third kappa shape index (κ3) is 3.92. The maximum atomic E-state index is 12.3. The summed E-state index contributed by atoms with van der Waals surface area (Å²) >= 11 is 0. The molecule has 0 unspecified atom stereocenters. The Morgan fingerprint density at radius 3 is 2.75 bits per heavy atom. The van der Waals surface area contributed by atoms with E-state index in [9.17, 15) is 4.79 Å². The predicted octanol–water partition coefficient (Wildman–Crippen LogP) is 1.36. The molecule has 0 radical (unpaired) electrons. The first-order valence-electron chi connectivity index (χ1n) is 6.96. The maximum Gasteiger partial charge on any atom is 0.240 e. The van der Waals surface area contributed by atoms with E-state index in [-0.39, 0.29) is 5.91 Å². The highest BCUT2D eigenvalue weighted by atomic mass is 16.5. The molecule has 2 N–H and O–H groups in total. The Balaban J connectivity index is 1.88. The molecule has 4 heteroatoms. The van der Waals surface area contributed by atoms with Gasteiger partial charge in [-0.05, 0) is 24.0 Å². The van der Waals surface area contributed by atoms with Crippen molar-refractivity contribution in [1.29, 1.82) is 0 Å². The molecule has 0 saturated carbocycles. The standard InChI is InChI=1S/C16H22N2O2/c1-20-12-14-7-9-18(10-8-14)16(19)15(17)11-13-5-3-2-4-6-13/h2-7,15H,8-12,17H2,1H3/t15-/m1/s1. The fourth-order valence-corrected chi connectivity index (χ4v) is 2.42. The van der Waals surface area contributed by atoms with E-state index in [0.29, 0.717) is 19.6 Å². The minimum absolute atomic E-state index is 0.0292. The zero-order valence-corrected chi connectivity index (χ0v) is 11.9. The minimum Gasteiger partial charge on any atom is -0.380 e. The van der Waals surface area contributed by atoms with Crippen LogP contribution in [0.25, 0.3) is 0 Å². The number of methoxy groups -OCH3 is 1. The van der Waals surface area contributed by atoms with Gasteiger partial charge in [0.15, 0.2) is 0 Å². The summed E-state index contributed by atoms with van der Waals surface area (Å²) < 4.78 is 5.11. The number of amides is 1. The number of hydrogen-bond donors (Lipinski definition) is 1. The second-order valence-electron chi connectivity index (χ2n) is 5.13. The van der Waals surface area contributed by atoms with E-state index in [1.54, 1.807) is 7.11 Å². The lowest BCUT2D eigenvalue weighted by molar-refractivity contribution is -0.132. The van der Waals surface area contributed by atoms with Crippen LogP contribution in [0.3, 0.4) is 0 Å². The van der Waals surface area contributed by atoms with Crippen LogP contribution in [0, 0.1) is 0 Å². The molecule has 0 fully saturated rings. The largest absolute Gasteiger partial charge is 0.380 e. The number of carbonyl (C=O) groups is 1. The Labute approximate surface area is 120 Å². The normalized spacial score (nSPS) is 16.7. The maximum absolute atomic E-state index is 12.3. The fourth-order valence-electron chi connectivity index (χ4n) is 2.42. The van der Waals surface area contributed by atoms with Crippen LogP contribution in [0.2, 0.25) is 0 Å². The molecule has 0 aromatic heterocycles. The van der Waals surface area contributed by atoms with Crippen molar-refractivity contribution >= 4 is 5.91 Å². The van der Waals surface area contributed by atoms with Crippen LogP contribution in [-0.4, -0.2) is 43.7 Å². The van der Waals surface area contributed by atoms with E-state index < -0.39 is 6.04 Å². The smallest absolute Gasteiger partial charge is 0.240 e. The second kappa shape index (κ2) is 7.22. The highest BCUT2D eigenvalue weighted by Crippen LogP contribution is 2.13. The molecule has 108 valence electrons. The van der Waals surface area contributed by atoms with Crippen molar-refractivity contribution in [3.8, 4) is 0 Å². The Hall–Kier alpha value is -1.65. The minimum atomic E-state index is -0.463. The van der Waals surface area contributed by atoms with Crippen LogP contribution >= 0.6 is 0 Å². The number of ether oxygens (including phenoxy) is 1. The molecule has 4 nitrogen and oxygen atoms in total. The van der Waals surface area contributed by atoms with E-state index >= 15 is 0 Å². The summed E-state index contributed by atoms with van der Waals surface area (Å²) in [4.78, 5) is 14.1. The van der Waals surface area contributed by atoms with Crippen LogP contribution in [-0.2, 0) is 16.0 Å². The van der Waals surface area contributed by atoms with Crippen molar-refractivity contribution in [2.75, 3.05) is 26.8 Å². The van der Waals surface area contributed by atoms with Gasteiger partial charge in [-0.15, -0.1) is 0 Å². The van der Waals surface area contributed by atoms with Gasteiger partial charge in [0.05, 0.1) is 12.6 Å². The summed E-state index contributed by atoms with van der Waals surface area (Å²) in [6.45, 7) is 2.02. The van der Waals surface area contributed by atoms with Crippen molar-refractivity contribution < 1.29 is 9.53 Å². The van der Waals surface area contributed by atoms with E-state index in [4.69, 9.17) is 10.5 Å². The molecule has 20 heavy (non-hydrogen) atoms. The lowest BCUT2D eigenvalue weighted by atomic mass is 10.0. The van der Waals surface area contributed by atoms with Gasteiger partial charge in [-0.1, -0.05) is 36.4 Å². The number of hydrogen-bond acceptors (Lipinski definition) is 3. The van der Waals surface area contributed by atoms with Gasteiger partial charge >= 0.3 is 0 Å². The Morgan fingerprint density at radius 2 is 2.15 bits per heavy atom. The van der Waals surface area contributed by atoms with Crippen molar-refractivity contribution in [1.82, 2.24) is 4.90 Å². The molecular weight excluding hydrogens is 252 g/mol. The highest BCUT2D eigenvalue weighted by Gasteiger charge is 2.22. The number of benzene rings is 1. The lowest BCUT2D eigenvalue weighted by Crippen LogP contribution is -2.46. The summed E-state index contributed by atoms with van der Waals surface area (Å²) in [6.07, 6.45) is 3.53. The summed E-state index contributed by atoms with van der Waals surface area (Å²) in [6, 6.07) is 9.43. The first-order valence-corrected chi connectivity index (χ1v) is 6.96. The average molecular weight is 274 g/mol. The first kappa shape index (κ1) is 14.8. The van der Waals surface area contributed by atoms with Crippen LogP contribution in [0.4, 0.5) is 0 Å². The zero-order chi connectivity index (χ0) is 14.4. The van der Waals surface area contributed by atoms with Crippen molar-refractivity contribution in [2.45, 2.75) is 18.9 Å². The molecule has 1 aliphatic rings. The number of carbonyl (C=O) groups excluding carboxylic acids is 1. The Bertz CT molecular complexity index is 471.